The Morgan fingerprint density at radius 1 is 1.00 bits per heavy atom. The topological polar surface area (TPSA) is 210 Å². The number of nitrogens with two attached hydrogens (primary N) is 2. The maximum atomic E-state index is 12.9. The fourth-order valence-corrected chi connectivity index (χ4v) is 5.24. The number of hydrogen-bond donors (Lipinski definition) is 5. The minimum absolute atomic E-state index is 0.0666. The molecular formula is C27H31ClFN7O6S2. The second-order valence-corrected chi connectivity index (χ2v) is 13.1. The van der Waals surface area contributed by atoms with Gasteiger partial charge in [-0.15, -0.1) is 3.89 Å². The van der Waals surface area contributed by atoms with Crippen molar-refractivity contribution in [3.8, 4) is 0 Å². The smallest absolute Gasteiger partial charge is 0.332 e. The van der Waals surface area contributed by atoms with E-state index >= 15 is 0 Å². The number of urea groups is 1. The van der Waals surface area contributed by atoms with Crippen molar-refractivity contribution in [2.24, 2.45) is 21.5 Å². The van der Waals surface area contributed by atoms with Crippen LogP contribution in [0.2, 0.25) is 5.02 Å². The molecule has 44 heavy (non-hydrogen) atoms. The number of rotatable bonds is 7. The molecule has 0 saturated heterocycles. The highest BCUT2D eigenvalue weighted by molar-refractivity contribution is 7.86. The summed E-state index contributed by atoms with van der Waals surface area (Å²) in [5, 5.41) is 5.68. The average Bonchev–Trinajstić information content (AvgIpc) is 2.88. The molecule has 0 bridgehead atoms. The van der Waals surface area contributed by atoms with E-state index in [2.05, 4.69) is 20.6 Å². The highest BCUT2D eigenvalue weighted by Crippen LogP contribution is 2.31. The number of amides is 2. The summed E-state index contributed by atoms with van der Waals surface area (Å²) in [5.41, 5.74) is 13.8. The van der Waals surface area contributed by atoms with E-state index in [0.29, 0.717) is 22.8 Å². The van der Waals surface area contributed by atoms with E-state index in [1.807, 2.05) is 32.9 Å². The third-order valence-electron chi connectivity index (χ3n) is 6.08. The van der Waals surface area contributed by atoms with Gasteiger partial charge in [0.2, 0.25) is 11.9 Å². The molecule has 1 aliphatic heterocycles. The standard InChI is InChI=1S/C20H23ClFN7O3S.C7H8O3S/c1-20(2)28-17(23)27-18(24)29(20)14-6-3-12(16(21)11-14)9-10-25-19(30)26-13-4-7-15(8-5-13)33(22,31)32;1-6-2-4-7(5-3-6)11(8,9)10/h3-8,11H,9-10H2,1-2H3,(H2,25,26,30)(H4,23,24,27,28);2-5H,1H3,(H,8,9,10). The fourth-order valence-electron chi connectivity index (χ4n) is 4.03. The zero-order chi connectivity index (χ0) is 32.9. The number of hydrogen-bond acceptors (Lipinski definition) is 10. The third kappa shape index (κ3) is 9.37. The van der Waals surface area contributed by atoms with Gasteiger partial charge in [-0.25, -0.2) is 9.79 Å². The lowest BCUT2D eigenvalue weighted by Crippen LogP contribution is -2.54. The Bertz CT molecular complexity index is 1800. The van der Waals surface area contributed by atoms with Crippen LogP contribution >= 0.6 is 11.6 Å². The Labute approximate surface area is 259 Å². The number of benzene rings is 3. The van der Waals surface area contributed by atoms with Crippen molar-refractivity contribution in [1.29, 1.82) is 0 Å². The molecule has 0 saturated carbocycles. The van der Waals surface area contributed by atoms with Crippen molar-refractivity contribution >= 4 is 61.3 Å². The maximum Gasteiger partial charge on any atom is 0.332 e. The molecule has 4 rings (SSSR count). The van der Waals surface area contributed by atoms with Gasteiger partial charge < -0.3 is 22.1 Å². The number of halogens is 2. The molecule has 0 unspecified atom stereocenters. The van der Waals surface area contributed by atoms with Crippen LogP contribution in [0, 0.1) is 6.92 Å². The van der Waals surface area contributed by atoms with Gasteiger partial charge in [-0.05, 0) is 81.3 Å². The molecule has 0 aromatic heterocycles. The highest BCUT2D eigenvalue weighted by Gasteiger charge is 2.33. The molecule has 13 nitrogen and oxygen atoms in total. The number of aryl methyl sites for hydroxylation is 1. The Morgan fingerprint density at radius 2 is 1.59 bits per heavy atom. The first kappa shape index (κ1) is 34.2. The Kier molecular flexibility index (Phi) is 10.6. The van der Waals surface area contributed by atoms with E-state index < -0.39 is 36.9 Å². The van der Waals surface area contributed by atoms with E-state index in [9.17, 15) is 25.5 Å². The zero-order valence-corrected chi connectivity index (χ0v) is 26.2. The second kappa shape index (κ2) is 13.6. The van der Waals surface area contributed by atoms with Gasteiger partial charge in [-0.2, -0.15) is 21.8 Å². The molecule has 7 N–H and O–H groups in total. The normalized spacial score (nSPS) is 14.5. The predicted molar refractivity (Wildman–Crippen MR) is 168 cm³/mol. The van der Waals surface area contributed by atoms with E-state index in [1.54, 1.807) is 23.1 Å². The van der Waals surface area contributed by atoms with Gasteiger partial charge in [0, 0.05) is 22.9 Å². The van der Waals surface area contributed by atoms with Crippen molar-refractivity contribution in [2.45, 2.75) is 42.6 Å². The molecule has 17 heteroatoms. The summed E-state index contributed by atoms with van der Waals surface area (Å²) in [4.78, 5) is 21.5. The average molecular weight is 668 g/mol. The number of aliphatic imine (C=N–C) groups is 2. The lowest BCUT2D eigenvalue weighted by Gasteiger charge is -2.38. The molecule has 0 fully saturated rings. The Morgan fingerprint density at radius 3 is 2.11 bits per heavy atom. The van der Waals surface area contributed by atoms with Gasteiger partial charge in [0.15, 0.2) is 0 Å². The molecule has 236 valence electrons. The molecule has 0 aliphatic carbocycles. The minimum Gasteiger partial charge on any atom is -0.369 e. The van der Waals surface area contributed by atoms with E-state index in [1.165, 1.54) is 24.3 Å². The Hall–Kier alpha value is -4.25. The van der Waals surface area contributed by atoms with Crippen LogP contribution in [0.4, 0.5) is 20.1 Å². The monoisotopic (exact) mass is 667 g/mol. The minimum atomic E-state index is -4.79. The molecule has 3 aromatic rings. The van der Waals surface area contributed by atoms with Crippen LogP contribution in [0.5, 0.6) is 0 Å². The van der Waals surface area contributed by atoms with Gasteiger partial charge in [-0.3, -0.25) is 9.45 Å². The summed E-state index contributed by atoms with van der Waals surface area (Å²) in [6.45, 7) is 5.81. The van der Waals surface area contributed by atoms with E-state index in [0.717, 1.165) is 23.3 Å². The molecule has 2 amide bonds. The van der Waals surface area contributed by atoms with Gasteiger partial charge >= 0.3 is 16.3 Å². The van der Waals surface area contributed by atoms with Crippen molar-refractivity contribution in [2.75, 3.05) is 16.8 Å². The van der Waals surface area contributed by atoms with Crippen LogP contribution in [0.25, 0.3) is 0 Å². The van der Waals surface area contributed by atoms with Gasteiger partial charge in [0.05, 0.1) is 9.79 Å². The number of nitrogens with one attached hydrogen (secondary N) is 2. The number of anilines is 2. The first-order valence-electron chi connectivity index (χ1n) is 12.8. The van der Waals surface area contributed by atoms with Crippen molar-refractivity contribution < 1.29 is 30.1 Å². The second-order valence-electron chi connectivity index (χ2n) is 9.93. The predicted octanol–water partition coefficient (Wildman–Crippen LogP) is 3.79. The van der Waals surface area contributed by atoms with Crippen molar-refractivity contribution in [3.63, 3.8) is 0 Å². The van der Waals surface area contributed by atoms with Crippen LogP contribution in [0.1, 0.15) is 25.0 Å². The summed E-state index contributed by atoms with van der Waals surface area (Å²) >= 11 is 6.44. The lowest BCUT2D eigenvalue weighted by molar-refractivity contribution is 0.252. The molecule has 1 heterocycles. The lowest BCUT2D eigenvalue weighted by atomic mass is 10.1. The van der Waals surface area contributed by atoms with E-state index in [-0.39, 0.29) is 23.4 Å². The number of carbonyl (C=O) groups excluding carboxylic acids is 1. The van der Waals surface area contributed by atoms with Crippen LogP contribution in [0.15, 0.2) is 86.5 Å². The largest absolute Gasteiger partial charge is 0.369 e. The van der Waals surface area contributed by atoms with E-state index in [4.69, 9.17) is 27.6 Å². The van der Waals surface area contributed by atoms with Gasteiger partial charge in [0.25, 0.3) is 10.1 Å². The quantitative estimate of drug-likeness (QED) is 0.183. The first-order chi connectivity index (χ1) is 20.4. The van der Waals surface area contributed by atoms with Crippen LogP contribution in [-0.4, -0.2) is 51.5 Å². The number of carbonyl (C=O) groups is 1. The summed E-state index contributed by atoms with van der Waals surface area (Å²) in [6.07, 6.45) is 0.448. The molecule has 1 aliphatic rings. The van der Waals surface area contributed by atoms with Crippen molar-refractivity contribution in [3.05, 3.63) is 82.9 Å². The third-order valence-corrected chi connectivity index (χ3v) is 8.14. The summed E-state index contributed by atoms with van der Waals surface area (Å²) in [5.74, 6) is 0.302. The number of nitrogens with zero attached hydrogens (tertiary/aromatic N) is 3. The van der Waals surface area contributed by atoms with Gasteiger partial charge in [0.1, 0.15) is 5.66 Å². The summed E-state index contributed by atoms with van der Waals surface area (Å²) < 4.78 is 64.1. The number of guanidine groups is 2. The molecule has 0 radical (unpaired) electrons. The zero-order valence-electron chi connectivity index (χ0n) is 23.8. The maximum absolute atomic E-state index is 12.9. The van der Waals surface area contributed by atoms with Crippen LogP contribution < -0.4 is 27.0 Å². The van der Waals surface area contributed by atoms with Crippen molar-refractivity contribution in [1.82, 2.24) is 5.32 Å². The van der Waals surface area contributed by atoms with Crippen LogP contribution in [0.3, 0.4) is 0 Å². The SMILES string of the molecule is CC1(C)N=C(N)N=C(N)N1c1ccc(CCNC(=O)Nc2ccc(S(=O)(=O)F)cc2)c(Cl)c1.Cc1ccc(S(=O)(=O)O)cc1. The fraction of sp³-hybridized carbons (Fsp3) is 0.222. The summed E-state index contributed by atoms with van der Waals surface area (Å²) in [7, 11) is -8.81. The Balaban J connectivity index is 0.000000404. The van der Waals surface area contributed by atoms with Gasteiger partial charge in [-0.1, -0.05) is 35.4 Å². The molecule has 0 spiro atoms. The first-order valence-corrected chi connectivity index (χ1v) is 16.0. The summed E-state index contributed by atoms with van der Waals surface area (Å²) in [6, 6.07) is 15.6. The molecular weight excluding hydrogens is 637 g/mol. The molecule has 0 atom stereocenters. The highest BCUT2D eigenvalue weighted by atomic mass is 35.5. The molecule has 3 aromatic carbocycles. The van der Waals surface area contributed by atoms with Crippen LogP contribution in [-0.2, 0) is 26.8 Å².